The summed E-state index contributed by atoms with van der Waals surface area (Å²) in [6, 6.07) is 0. The first-order chi connectivity index (χ1) is 10.1. The molecule has 0 aromatic rings. The van der Waals surface area contributed by atoms with Gasteiger partial charge in [0.2, 0.25) is 0 Å². The quantitative estimate of drug-likeness (QED) is 0.268. The first-order valence-electron chi connectivity index (χ1n) is 8.32. The monoisotopic (exact) mass is 519 g/mol. The molecule has 0 aromatic heterocycles. The zero-order valence-corrected chi connectivity index (χ0v) is 21.2. The van der Waals surface area contributed by atoms with Gasteiger partial charge in [0.1, 0.15) is 0 Å². The van der Waals surface area contributed by atoms with E-state index < -0.39 is 0 Å². The Hall–Kier alpha value is 0.660. The van der Waals surface area contributed by atoms with Gasteiger partial charge in [0.25, 0.3) is 0 Å². The normalized spacial score (nSPS) is 32.8. The summed E-state index contributed by atoms with van der Waals surface area (Å²) in [4.78, 5) is 0. The molecule has 133 valence electrons. The molecule has 0 amide bonds. The molecule has 0 nitrogen and oxygen atoms in total. The van der Waals surface area contributed by atoms with Gasteiger partial charge in [-0.2, -0.15) is 0 Å². The molecule has 0 unspecified atom stereocenters. The number of hydrogen-bond acceptors (Lipinski definition) is 2. The van der Waals surface area contributed by atoms with Crippen LogP contribution in [0.15, 0.2) is 34.4 Å². The Kier molecular flexibility index (Phi) is 12.7. The van der Waals surface area contributed by atoms with Crippen LogP contribution in [-0.2, 0) is 45.7 Å². The van der Waals surface area contributed by atoms with Crippen molar-refractivity contribution in [3.05, 3.63) is 34.4 Å². The Morgan fingerprint density at radius 2 is 0.739 bits per heavy atom. The largest absolute Gasteiger partial charge is 1.00 e. The van der Waals surface area contributed by atoms with E-state index in [9.17, 15) is 0 Å². The van der Waals surface area contributed by atoms with Crippen molar-refractivity contribution >= 4 is 23.3 Å². The van der Waals surface area contributed by atoms with Crippen LogP contribution in [0.2, 0.25) is 0 Å². The predicted molar refractivity (Wildman–Crippen MR) is 106 cm³/mol. The third-order valence-corrected chi connectivity index (χ3v) is 6.74. The third kappa shape index (κ3) is 5.85. The van der Waals surface area contributed by atoms with Crippen molar-refractivity contribution in [1.29, 1.82) is 0 Å². The first-order valence-corrected chi connectivity index (χ1v) is 9.66. The fraction of sp³-hybridized carbons (Fsp3) is 0.700. The number of hydrogen-bond donors (Lipinski definition) is 0. The summed E-state index contributed by atoms with van der Waals surface area (Å²) >= 11 is 7.33. The van der Waals surface area contributed by atoms with Crippen molar-refractivity contribution in [1.82, 2.24) is 0 Å². The standard InChI is InChI=1S/C10H20.C10H14.S2.Ta/c2*1-6-7(2)9(4)10(5)8(6)3;1-2;/h6-10H,1-5H3;1H2,2-5H3;;/q;;-2;. The first kappa shape index (κ1) is 25.9. The topological polar surface area (TPSA) is 0 Å². The van der Waals surface area contributed by atoms with Crippen LogP contribution in [0.5, 0.6) is 0 Å². The van der Waals surface area contributed by atoms with E-state index in [1.54, 1.807) is 0 Å². The molecule has 1 saturated carbocycles. The molecule has 0 atom stereocenters. The summed E-state index contributed by atoms with van der Waals surface area (Å²) in [5.41, 5.74) is 6.74. The summed E-state index contributed by atoms with van der Waals surface area (Å²) in [7, 11) is 0. The van der Waals surface area contributed by atoms with Crippen LogP contribution in [-0.4, -0.2) is 0 Å². The molecule has 2 aliphatic carbocycles. The van der Waals surface area contributed by atoms with Crippen molar-refractivity contribution in [2.75, 3.05) is 0 Å². The average Bonchev–Trinajstić information content (AvgIpc) is 2.81. The molecular weight excluding hydrogens is 485 g/mol. The van der Waals surface area contributed by atoms with E-state index in [-0.39, 0.29) is 22.4 Å². The van der Waals surface area contributed by atoms with E-state index in [0.717, 1.165) is 29.6 Å². The molecule has 0 N–H and O–H groups in total. The Balaban J connectivity index is 0. The van der Waals surface area contributed by atoms with E-state index in [1.807, 2.05) is 0 Å². The van der Waals surface area contributed by atoms with Gasteiger partial charge in [0.05, 0.1) is 0 Å². The summed E-state index contributed by atoms with van der Waals surface area (Å²) in [5, 5.41) is 0. The average molecular weight is 520 g/mol. The molecule has 1 radical (unpaired) electrons. The maximum Gasteiger partial charge on any atom is 0 e. The smallest absolute Gasteiger partial charge is 0 e. The van der Waals surface area contributed by atoms with Gasteiger partial charge in [-0.05, 0) is 85.2 Å². The van der Waals surface area contributed by atoms with Gasteiger partial charge in [0.15, 0.2) is 0 Å². The van der Waals surface area contributed by atoms with Gasteiger partial charge < -0.3 is 23.3 Å². The van der Waals surface area contributed by atoms with Crippen LogP contribution in [0, 0.1) is 29.6 Å². The summed E-state index contributed by atoms with van der Waals surface area (Å²) in [6.45, 7) is 24.6. The SMILES string of the molecule is C=C1C(C)=C(C)C(C)=C1C.CC1C(C)C(C)C(C)C1C.[S-][S-].[Ta]. The van der Waals surface area contributed by atoms with Crippen molar-refractivity contribution in [3.63, 3.8) is 0 Å². The Morgan fingerprint density at radius 1 is 0.565 bits per heavy atom. The fourth-order valence-corrected chi connectivity index (χ4v) is 3.69. The molecule has 0 aliphatic heterocycles. The van der Waals surface area contributed by atoms with Gasteiger partial charge in [-0.1, -0.05) is 41.2 Å². The van der Waals surface area contributed by atoms with Crippen molar-refractivity contribution in [2.24, 2.45) is 29.6 Å². The molecule has 3 heteroatoms. The van der Waals surface area contributed by atoms with E-state index in [1.165, 1.54) is 27.9 Å². The Bertz CT molecular complexity index is 391. The van der Waals surface area contributed by atoms with Crippen LogP contribution in [0.1, 0.15) is 62.3 Å². The third-order valence-electron chi connectivity index (χ3n) is 6.74. The maximum absolute atomic E-state index is 4.00. The second-order valence-corrected chi connectivity index (χ2v) is 7.27. The minimum Gasteiger partial charge on any atom is -1.00 e. The van der Waals surface area contributed by atoms with Crippen LogP contribution < -0.4 is 0 Å². The molecule has 23 heavy (non-hydrogen) atoms. The van der Waals surface area contributed by atoms with Crippen LogP contribution in [0.3, 0.4) is 0 Å². The van der Waals surface area contributed by atoms with Gasteiger partial charge in [-0.3, -0.25) is 0 Å². The molecule has 0 saturated heterocycles. The van der Waals surface area contributed by atoms with E-state index in [4.69, 9.17) is 0 Å². The molecule has 0 bridgehead atoms. The number of rotatable bonds is 0. The van der Waals surface area contributed by atoms with Crippen LogP contribution in [0.4, 0.5) is 0 Å². The minimum absolute atomic E-state index is 0. The maximum atomic E-state index is 4.00. The molecule has 2 aliphatic rings. The predicted octanol–water partition coefficient (Wildman–Crippen LogP) is 6.40. The molecule has 0 heterocycles. The summed E-state index contributed by atoms with van der Waals surface area (Å²) < 4.78 is 0. The second kappa shape index (κ2) is 11.3. The van der Waals surface area contributed by atoms with Crippen LogP contribution in [0.25, 0.3) is 0 Å². The van der Waals surface area contributed by atoms with Crippen LogP contribution >= 0.6 is 0 Å². The zero-order valence-electron chi connectivity index (χ0n) is 16.4. The van der Waals surface area contributed by atoms with E-state index in [0.29, 0.717) is 0 Å². The molecule has 1 fully saturated rings. The van der Waals surface area contributed by atoms with Gasteiger partial charge >= 0.3 is 0 Å². The molecule has 2 rings (SSSR count). The Morgan fingerprint density at radius 3 is 0.826 bits per heavy atom. The fourth-order valence-electron chi connectivity index (χ4n) is 3.69. The van der Waals surface area contributed by atoms with Gasteiger partial charge in [-0.15, -0.1) is 0 Å². The van der Waals surface area contributed by atoms with E-state index >= 15 is 0 Å². The molecular formula is C20H34S2Ta-2. The second-order valence-electron chi connectivity index (χ2n) is 7.27. The van der Waals surface area contributed by atoms with Crippen molar-refractivity contribution < 1.29 is 22.4 Å². The summed E-state index contributed by atoms with van der Waals surface area (Å²) in [5.74, 6) is 4.68. The van der Waals surface area contributed by atoms with Crippen molar-refractivity contribution in [3.8, 4) is 0 Å². The van der Waals surface area contributed by atoms with Gasteiger partial charge in [0, 0.05) is 22.4 Å². The number of allylic oxidation sites excluding steroid dienone is 5. The summed E-state index contributed by atoms with van der Waals surface area (Å²) in [6.07, 6.45) is 0. The zero-order chi connectivity index (χ0) is 17.8. The minimum atomic E-state index is 0. The Labute approximate surface area is 171 Å². The molecule has 0 aromatic carbocycles. The van der Waals surface area contributed by atoms with E-state index in [2.05, 4.69) is 92.2 Å². The van der Waals surface area contributed by atoms with Crippen molar-refractivity contribution in [2.45, 2.75) is 62.3 Å². The molecule has 0 spiro atoms. The van der Waals surface area contributed by atoms with Gasteiger partial charge in [-0.25, -0.2) is 0 Å².